The van der Waals surface area contributed by atoms with E-state index in [9.17, 15) is 9.18 Å². The van der Waals surface area contributed by atoms with Gasteiger partial charge >= 0.3 is 0 Å². The van der Waals surface area contributed by atoms with E-state index in [1.165, 1.54) is 12.1 Å². The number of carbonyl (C=O) groups is 1. The van der Waals surface area contributed by atoms with Crippen molar-refractivity contribution in [1.82, 2.24) is 9.80 Å². The Labute approximate surface area is 135 Å². The smallest absolute Gasteiger partial charge is 0.223 e. The molecule has 4 nitrogen and oxygen atoms in total. The average molecular weight is 316 g/mol. The Morgan fingerprint density at radius 1 is 1.26 bits per heavy atom. The van der Waals surface area contributed by atoms with Gasteiger partial charge in [-0.3, -0.25) is 9.69 Å². The second-order valence-electron chi connectivity index (χ2n) is 5.97. The van der Waals surface area contributed by atoms with E-state index >= 15 is 0 Å². The number of carbonyl (C=O) groups excluding carboxylic acids is 1. The first-order valence-electron chi connectivity index (χ1n) is 7.89. The first-order chi connectivity index (χ1) is 11.1. The van der Waals surface area contributed by atoms with Crippen molar-refractivity contribution in [2.24, 2.45) is 0 Å². The molecule has 1 aromatic heterocycles. The minimum atomic E-state index is -0.237. The van der Waals surface area contributed by atoms with E-state index in [1.54, 1.807) is 18.4 Å². The predicted molar refractivity (Wildman–Crippen MR) is 85.4 cm³/mol. The molecule has 2 heterocycles. The summed E-state index contributed by atoms with van der Waals surface area (Å²) in [6.07, 6.45) is 2.70. The Bertz CT molecular complexity index is 640. The van der Waals surface area contributed by atoms with E-state index in [0.29, 0.717) is 19.4 Å². The molecule has 0 aliphatic carbocycles. The quantitative estimate of drug-likeness (QED) is 0.870. The number of likely N-dealkylation sites (N-methyl/N-ethyl adjacent to an activating group) is 1. The zero-order valence-electron chi connectivity index (χ0n) is 13.2. The van der Waals surface area contributed by atoms with E-state index in [1.807, 2.05) is 24.1 Å². The molecule has 1 saturated heterocycles. The number of benzene rings is 1. The maximum Gasteiger partial charge on any atom is 0.223 e. The molecule has 23 heavy (non-hydrogen) atoms. The lowest BCUT2D eigenvalue weighted by Gasteiger charge is -2.39. The molecule has 5 heteroatoms. The van der Waals surface area contributed by atoms with Crippen LogP contribution in [0.4, 0.5) is 4.39 Å². The highest BCUT2D eigenvalue weighted by Crippen LogP contribution is 2.24. The minimum absolute atomic E-state index is 0.108. The molecule has 1 aliphatic rings. The van der Waals surface area contributed by atoms with E-state index in [4.69, 9.17) is 4.42 Å². The van der Waals surface area contributed by atoms with Gasteiger partial charge in [-0.1, -0.05) is 12.1 Å². The Balaban J connectivity index is 1.62. The summed E-state index contributed by atoms with van der Waals surface area (Å²) in [6.45, 7) is 2.18. The van der Waals surface area contributed by atoms with Gasteiger partial charge in [0.2, 0.25) is 5.91 Å². The Hall–Kier alpha value is -2.14. The molecule has 122 valence electrons. The lowest BCUT2D eigenvalue weighted by atomic mass is 10.0. The predicted octanol–water partition coefficient (Wildman–Crippen LogP) is 2.87. The van der Waals surface area contributed by atoms with Gasteiger partial charge in [-0.05, 0) is 36.9 Å². The van der Waals surface area contributed by atoms with Crippen LogP contribution < -0.4 is 0 Å². The number of rotatable bonds is 4. The van der Waals surface area contributed by atoms with E-state index in [2.05, 4.69) is 4.90 Å². The third kappa shape index (κ3) is 3.79. The number of halogens is 1. The topological polar surface area (TPSA) is 36.7 Å². The number of furan rings is 1. The molecule has 1 amide bonds. The normalized spacial score (nSPS) is 19.0. The van der Waals surface area contributed by atoms with Crippen molar-refractivity contribution >= 4 is 5.91 Å². The van der Waals surface area contributed by atoms with Crippen LogP contribution in [0.15, 0.2) is 47.1 Å². The Morgan fingerprint density at radius 2 is 2.04 bits per heavy atom. The molecule has 0 radical (unpaired) electrons. The summed E-state index contributed by atoms with van der Waals surface area (Å²) < 4.78 is 18.4. The fourth-order valence-corrected chi connectivity index (χ4v) is 2.99. The van der Waals surface area contributed by atoms with Crippen molar-refractivity contribution in [1.29, 1.82) is 0 Å². The molecule has 1 aliphatic heterocycles. The standard InChI is InChI=1S/C18H21FN2O2/c1-20-10-11-21(18(22)9-8-16-3-2-12-23-16)13-17(20)14-4-6-15(19)7-5-14/h2-7,12,17H,8-11,13H2,1H3. The lowest BCUT2D eigenvalue weighted by Crippen LogP contribution is -2.49. The van der Waals surface area contributed by atoms with E-state index in [0.717, 1.165) is 24.4 Å². The summed E-state index contributed by atoms with van der Waals surface area (Å²) in [7, 11) is 2.04. The molecule has 3 rings (SSSR count). The van der Waals surface area contributed by atoms with E-state index < -0.39 is 0 Å². The van der Waals surface area contributed by atoms with Gasteiger partial charge in [-0.15, -0.1) is 0 Å². The largest absolute Gasteiger partial charge is 0.469 e. The molecule has 0 bridgehead atoms. The third-order valence-electron chi connectivity index (χ3n) is 4.42. The lowest BCUT2D eigenvalue weighted by molar-refractivity contribution is -0.134. The van der Waals surface area contributed by atoms with Crippen LogP contribution in [0, 0.1) is 5.82 Å². The summed E-state index contributed by atoms with van der Waals surface area (Å²) in [5, 5.41) is 0. The average Bonchev–Trinajstić information content (AvgIpc) is 3.07. The van der Waals surface area contributed by atoms with Crippen LogP contribution in [0.3, 0.4) is 0 Å². The molecule has 1 fully saturated rings. The summed E-state index contributed by atoms with van der Waals surface area (Å²) in [4.78, 5) is 16.5. The number of amides is 1. The monoisotopic (exact) mass is 316 g/mol. The van der Waals surface area contributed by atoms with Gasteiger partial charge in [0.1, 0.15) is 11.6 Å². The number of nitrogens with zero attached hydrogens (tertiary/aromatic N) is 2. The summed E-state index contributed by atoms with van der Waals surface area (Å²) in [5.74, 6) is 0.739. The van der Waals surface area contributed by atoms with Crippen molar-refractivity contribution in [3.8, 4) is 0 Å². The van der Waals surface area contributed by atoms with Crippen LogP contribution in [-0.2, 0) is 11.2 Å². The first kappa shape index (κ1) is 15.7. The molecule has 2 aromatic rings. The molecular formula is C18H21FN2O2. The molecule has 1 atom stereocenters. The highest BCUT2D eigenvalue weighted by molar-refractivity contribution is 5.76. The number of aryl methyl sites for hydroxylation is 1. The van der Waals surface area contributed by atoms with Gasteiger partial charge in [-0.25, -0.2) is 4.39 Å². The van der Waals surface area contributed by atoms with Gasteiger partial charge < -0.3 is 9.32 Å². The maximum atomic E-state index is 13.1. The summed E-state index contributed by atoms with van der Waals surface area (Å²) in [6, 6.07) is 10.4. The van der Waals surface area contributed by atoms with Gasteiger partial charge in [0, 0.05) is 32.5 Å². The van der Waals surface area contributed by atoms with Crippen molar-refractivity contribution in [2.45, 2.75) is 18.9 Å². The van der Waals surface area contributed by atoms with Gasteiger partial charge in [0.05, 0.1) is 12.3 Å². The van der Waals surface area contributed by atoms with Crippen LogP contribution in [0.5, 0.6) is 0 Å². The molecule has 0 spiro atoms. The number of hydrogen-bond donors (Lipinski definition) is 0. The Morgan fingerprint density at radius 3 is 2.74 bits per heavy atom. The summed E-state index contributed by atoms with van der Waals surface area (Å²) in [5.41, 5.74) is 1.04. The number of hydrogen-bond acceptors (Lipinski definition) is 3. The second kappa shape index (κ2) is 6.96. The van der Waals surface area contributed by atoms with Crippen molar-refractivity contribution < 1.29 is 13.6 Å². The van der Waals surface area contributed by atoms with Crippen molar-refractivity contribution in [3.05, 3.63) is 59.8 Å². The highest BCUT2D eigenvalue weighted by atomic mass is 19.1. The second-order valence-corrected chi connectivity index (χ2v) is 5.97. The molecular weight excluding hydrogens is 295 g/mol. The Kier molecular flexibility index (Phi) is 4.76. The van der Waals surface area contributed by atoms with Gasteiger partial charge in [-0.2, -0.15) is 0 Å². The van der Waals surface area contributed by atoms with Crippen LogP contribution in [0.1, 0.15) is 23.8 Å². The fourth-order valence-electron chi connectivity index (χ4n) is 2.99. The van der Waals surface area contributed by atoms with Crippen LogP contribution in [0.2, 0.25) is 0 Å². The van der Waals surface area contributed by atoms with Crippen LogP contribution in [0.25, 0.3) is 0 Å². The van der Waals surface area contributed by atoms with Crippen LogP contribution in [-0.4, -0.2) is 42.4 Å². The molecule has 1 aromatic carbocycles. The van der Waals surface area contributed by atoms with E-state index in [-0.39, 0.29) is 17.8 Å². The highest BCUT2D eigenvalue weighted by Gasteiger charge is 2.28. The molecule has 0 saturated carbocycles. The first-order valence-corrected chi connectivity index (χ1v) is 7.89. The maximum absolute atomic E-state index is 13.1. The zero-order valence-corrected chi connectivity index (χ0v) is 13.2. The van der Waals surface area contributed by atoms with Gasteiger partial charge in [0.25, 0.3) is 0 Å². The molecule has 1 unspecified atom stereocenters. The third-order valence-corrected chi connectivity index (χ3v) is 4.42. The minimum Gasteiger partial charge on any atom is -0.469 e. The SMILES string of the molecule is CN1CCN(C(=O)CCc2ccco2)CC1c1ccc(F)cc1. The number of piperazine rings is 1. The fraction of sp³-hybridized carbons (Fsp3) is 0.389. The van der Waals surface area contributed by atoms with Crippen molar-refractivity contribution in [2.75, 3.05) is 26.7 Å². The van der Waals surface area contributed by atoms with Gasteiger partial charge in [0.15, 0.2) is 0 Å². The zero-order chi connectivity index (χ0) is 16.2. The van der Waals surface area contributed by atoms with Crippen LogP contribution >= 0.6 is 0 Å². The summed E-state index contributed by atoms with van der Waals surface area (Å²) >= 11 is 0. The van der Waals surface area contributed by atoms with Crippen molar-refractivity contribution in [3.63, 3.8) is 0 Å². The molecule has 0 N–H and O–H groups in total.